The van der Waals surface area contributed by atoms with Gasteiger partial charge >= 0.3 is 0 Å². The summed E-state index contributed by atoms with van der Waals surface area (Å²) in [6, 6.07) is 6.95. The van der Waals surface area contributed by atoms with Crippen LogP contribution in [0.2, 0.25) is 5.02 Å². The van der Waals surface area contributed by atoms with Crippen LogP contribution in [0.1, 0.15) is 24.8 Å². The standard InChI is InChI=1S/C21H28ClN3OS/c1-15-18-13-16(22)3-5-20(18)25(8-7-17-4-6-19(15)23(17)2)14-21(26)24-9-11-27-12-10-24/h3,5,13,17,19H,1,4,6-12,14H2,2H3. The van der Waals surface area contributed by atoms with Crippen LogP contribution in [0.5, 0.6) is 0 Å². The van der Waals surface area contributed by atoms with Gasteiger partial charge < -0.3 is 9.80 Å². The van der Waals surface area contributed by atoms with Gasteiger partial charge in [-0.05, 0) is 50.1 Å². The smallest absolute Gasteiger partial charge is 0.242 e. The molecular weight excluding hydrogens is 378 g/mol. The van der Waals surface area contributed by atoms with E-state index in [-0.39, 0.29) is 5.91 Å². The van der Waals surface area contributed by atoms with E-state index in [1.54, 1.807) is 0 Å². The van der Waals surface area contributed by atoms with Crippen molar-refractivity contribution in [1.82, 2.24) is 9.80 Å². The molecule has 0 aliphatic carbocycles. The van der Waals surface area contributed by atoms with Crippen molar-refractivity contribution in [3.63, 3.8) is 0 Å². The minimum atomic E-state index is 0.236. The third-order valence-corrected chi connectivity index (χ3v) is 7.49. The third-order valence-electron chi connectivity index (χ3n) is 6.31. The summed E-state index contributed by atoms with van der Waals surface area (Å²) in [6.45, 7) is 7.50. The summed E-state index contributed by atoms with van der Waals surface area (Å²) >= 11 is 8.27. The number of likely N-dealkylation sites (N-methyl/N-ethyl adjacent to an activating group) is 1. The number of hydrogen-bond donors (Lipinski definition) is 0. The number of carbonyl (C=O) groups excluding carboxylic acids is 1. The van der Waals surface area contributed by atoms with Crippen LogP contribution in [0.3, 0.4) is 0 Å². The van der Waals surface area contributed by atoms with Gasteiger partial charge in [-0.3, -0.25) is 9.69 Å². The molecule has 0 aromatic heterocycles. The number of fused-ring (bicyclic) bond motifs is 3. The van der Waals surface area contributed by atoms with Gasteiger partial charge in [0.2, 0.25) is 5.91 Å². The van der Waals surface area contributed by atoms with Crippen LogP contribution in [-0.2, 0) is 4.79 Å². The lowest BCUT2D eigenvalue weighted by atomic mass is 9.95. The van der Waals surface area contributed by atoms with Gasteiger partial charge in [0.05, 0.1) is 6.54 Å². The largest absolute Gasteiger partial charge is 0.362 e. The van der Waals surface area contributed by atoms with Crippen LogP contribution < -0.4 is 4.90 Å². The van der Waals surface area contributed by atoms with Crippen molar-refractivity contribution >= 4 is 40.5 Å². The molecule has 2 unspecified atom stereocenters. The van der Waals surface area contributed by atoms with Crippen LogP contribution in [0.15, 0.2) is 24.8 Å². The van der Waals surface area contributed by atoms with Gasteiger partial charge in [-0.15, -0.1) is 0 Å². The summed E-state index contributed by atoms with van der Waals surface area (Å²) in [4.78, 5) is 19.7. The average molecular weight is 406 g/mol. The summed E-state index contributed by atoms with van der Waals surface area (Å²) in [5.41, 5.74) is 3.33. The van der Waals surface area contributed by atoms with Crippen molar-refractivity contribution in [2.24, 2.45) is 0 Å². The van der Waals surface area contributed by atoms with Crippen molar-refractivity contribution in [2.45, 2.75) is 31.3 Å². The molecule has 2 fully saturated rings. The second-order valence-corrected chi connectivity index (χ2v) is 9.46. The van der Waals surface area contributed by atoms with Crippen LogP contribution in [0.25, 0.3) is 5.57 Å². The number of anilines is 1. The lowest BCUT2D eigenvalue weighted by Gasteiger charge is -2.32. The topological polar surface area (TPSA) is 26.8 Å². The molecule has 4 nitrogen and oxygen atoms in total. The molecule has 1 aromatic rings. The fourth-order valence-corrected chi connectivity index (χ4v) is 5.74. The molecule has 0 N–H and O–H groups in total. The summed E-state index contributed by atoms with van der Waals surface area (Å²) in [6.07, 6.45) is 3.42. The quantitative estimate of drug-likeness (QED) is 0.751. The zero-order valence-electron chi connectivity index (χ0n) is 16.0. The molecule has 4 rings (SSSR count). The first kappa shape index (κ1) is 19.2. The van der Waals surface area contributed by atoms with Crippen molar-refractivity contribution in [2.75, 3.05) is 49.6 Å². The third kappa shape index (κ3) is 3.87. The van der Waals surface area contributed by atoms with Gasteiger partial charge in [-0.2, -0.15) is 11.8 Å². The molecule has 27 heavy (non-hydrogen) atoms. The Morgan fingerprint density at radius 3 is 2.78 bits per heavy atom. The fourth-order valence-electron chi connectivity index (χ4n) is 4.67. The van der Waals surface area contributed by atoms with E-state index in [0.29, 0.717) is 18.6 Å². The lowest BCUT2D eigenvalue weighted by Crippen LogP contribution is -2.45. The summed E-state index contributed by atoms with van der Waals surface area (Å²) in [5.74, 6) is 2.33. The Labute approximate surface area is 171 Å². The van der Waals surface area contributed by atoms with E-state index in [2.05, 4.69) is 29.5 Å². The fraction of sp³-hybridized carbons (Fsp3) is 0.571. The van der Waals surface area contributed by atoms with Gasteiger partial charge in [0.1, 0.15) is 0 Å². The molecule has 2 bridgehead atoms. The normalized spacial score (nSPS) is 26.4. The Morgan fingerprint density at radius 1 is 1.22 bits per heavy atom. The molecule has 0 radical (unpaired) electrons. The Hall–Kier alpha value is -1.17. The number of rotatable bonds is 2. The molecule has 3 aliphatic heterocycles. The Morgan fingerprint density at radius 2 is 2.00 bits per heavy atom. The molecule has 3 aliphatic rings. The maximum absolute atomic E-state index is 12.9. The number of benzene rings is 1. The predicted molar refractivity (Wildman–Crippen MR) is 116 cm³/mol. The highest BCUT2D eigenvalue weighted by molar-refractivity contribution is 7.99. The van der Waals surface area contributed by atoms with Gasteiger partial charge in [0, 0.05) is 59.5 Å². The molecule has 2 atom stereocenters. The van der Waals surface area contributed by atoms with Crippen LogP contribution in [0, 0.1) is 0 Å². The molecule has 146 valence electrons. The number of thioether (sulfide) groups is 1. The average Bonchev–Trinajstić information content (AvgIpc) is 3.06. The zero-order valence-corrected chi connectivity index (χ0v) is 17.6. The molecule has 1 amide bonds. The van der Waals surface area contributed by atoms with E-state index in [0.717, 1.165) is 65.8 Å². The SMILES string of the molecule is C=C1c2cc(Cl)ccc2N(CC(=O)N2CCSCC2)CCC2CCC1N2C. The van der Waals surface area contributed by atoms with Gasteiger partial charge in [0.25, 0.3) is 0 Å². The van der Waals surface area contributed by atoms with Crippen molar-refractivity contribution in [1.29, 1.82) is 0 Å². The van der Waals surface area contributed by atoms with Gasteiger partial charge in [-0.1, -0.05) is 18.2 Å². The maximum atomic E-state index is 12.9. The number of nitrogens with zero attached hydrogens (tertiary/aromatic N) is 3. The van der Waals surface area contributed by atoms with Gasteiger partial charge in [-0.25, -0.2) is 0 Å². The van der Waals surface area contributed by atoms with E-state index in [1.165, 1.54) is 6.42 Å². The van der Waals surface area contributed by atoms with E-state index in [1.807, 2.05) is 28.8 Å². The van der Waals surface area contributed by atoms with Crippen LogP contribution in [0.4, 0.5) is 5.69 Å². The van der Waals surface area contributed by atoms with E-state index in [4.69, 9.17) is 11.6 Å². The minimum absolute atomic E-state index is 0.236. The van der Waals surface area contributed by atoms with E-state index in [9.17, 15) is 4.79 Å². The first-order chi connectivity index (χ1) is 13.0. The molecular formula is C21H28ClN3OS. The summed E-state index contributed by atoms with van der Waals surface area (Å²) in [5, 5.41) is 0.727. The Bertz CT molecular complexity index is 734. The highest BCUT2D eigenvalue weighted by Gasteiger charge is 2.35. The monoisotopic (exact) mass is 405 g/mol. The Kier molecular flexibility index (Phi) is 5.72. The summed E-state index contributed by atoms with van der Waals surface area (Å²) < 4.78 is 0. The molecule has 3 heterocycles. The van der Waals surface area contributed by atoms with Crippen molar-refractivity contribution in [3.8, 4) is 0 Å². The lowest BCUT2D eigenvalue weighted by molar-refractivity contribution is -0.129. The van der Waals surface area contributed by atoms with E-state index < -0.39 is 0 Å². The van der Waals surface area contributed by atoms with Gasteiger partial charge in [0.15, 0.2) is 0 Å². The first-order valence-corrected chi connectivity index (χ1v) is 11.4. The second kappa shape index (κ2) is 8.06. The molecule has 2 saturated heterocycles. The summed E-state index contributed by atoms with van der Waals surface area (Å²) in [7, 11) is 2.21. The Balaban J connectivity index is 1.65. The highest BCUT2D eigenvalue weighted by atomic mass is 35.5. The second-order valence-electron chi connectivity index (χ2n) is 7.80. The molecule has 0 spiro atoms. The van der Waals surface area contributed by atoms with Crippen molar-refractivity contribution in [3.05, 3.63) is 35.4 Å². The highest BCUT2D eigenvalue weighted by Crippen LogP contribution is 2.39. The zero-order chi connectivity index (χ0) is 19.0. The number of amides is 1. The van der Waals surface area contributed by atoms with Crippen LogP contribution in [-0.4, -0.2) is 72.5 Å². The minimum Gasteiger partial charge on any atom is -0.362 e. The molecule has 1 aromatic carbocycles. The molecule has 0 saturated carbocycles. The first-order valence-electron chi connectivity index (χ1n) is 9.85. The van der Waals surface area contributed by atoms with E-state index >= 15 is 0 Å². The predicted octanol–water partition coefficient (Wildman–Crippen LogP) is 3.60. The number of halogens is 1. The van der Waals surface area contributed by atoms with Crippen LogP contribution >= 0.6 is 23.4 Å². The maximum Gasteiger partial charge on any atom is 0.242 e. The molecule has 6 heteroatoms. The number of hydrogen-bond acceptors (Lipinski definition) is 4. The van der Waals surface area contributed by atoms with Crippen molar-refractivity contribution < 1.29 is 4.79 Å². The number of carbonyl (C=O) groups is 1.